The Morgan fingerprint density at radius 2 is 1.07 bits per heavy atom. The van der Waals surface area contributed by atoms with Crippen molar-refractivity contribution >= 4 is 35.0 Å². The van der Waals surface area contributed by atoms with Crippen LogP contribution in [0.25, 0.3) is 0 Å². The molecule has 0 saturated carbocycles. The standard InChI is InChI=1S/C22H40O4.Mg.2H/c1-2-3-4-5-6-7-8-9-10-11-12-13-14-15-16-17-20-26-22(25)19-18-21(23)24;;;/h18-19H,2-17,20H2,1H3,(H,23,24);;;/q;+2;2*-1/b19-18+;;;. The van der Waals surface area contributed by atoms with Gasteiger partial charge in [0.2, 0.25) is 0 Å². The molecular weight excluding hydrogens is 353 g/mol. The van der Waals surface area contributed by atoms with Crippen LogP contribution in [0, 0.1) is 0 Å². The van der Waals surface area contributed by atoms with Crippen LogP contribution >= 0.6 is 0 Å². The van der Waals surface area contributed by atoms with E-state index in [1.807, 2.05) is 0 Å². The Bertz CT molecular complexity index is 380. The van der Waals surface area contributed by atoms with Crippen LogP contribution in [0.3, 0.4) is 0 Å². The van der Waals surface area contributed by atoms with Crippen molar-refractivity contribution in [2.24, 2.45) is 0 Å². The van der Waals surface area contributed by atoms with Crippen LogP contribution in [0.15, 0.2) is 12.2 Å². The number of aliphatic carboxylic acids is 1. The number of hydrogen-bond acceptors (Lipinski definition) is 3. The molecule has 0 aliphatic carbocycles. The molecule has 0 spiro atoms. The summed E-state index contributed by atoms with van der Waals surface area (Å²) in [6.07, 6.45) is 22.7. The van der Waals surface area contributed by atoms with Gasteiger partial charge in [-0.05, 0) is 6.42 Å². The van der Waals surface area contributed by atoms with Gasteiger partial charge in [0, 0.05) is 12.2 Å². The number of ether oxygens (including phenoxy) is 1. The molecule has 0 saturated heterocycles. The monoisotopic (exact) mass is 394 g/mol. The summed E-state index contributed by atoms with van der Waals surface area (Å²) in [4.78, 5) is 21.4. The predicted octanol–water partition coefficient (Wildman–Crippen LogP) is 6.28. The maximum absolute atomic E-state index is 11.1. The molecular formula is C22H42MgO4. The fourth-order valence-corrected chi connectivity index (χ4v) is 3.01. The van der Waals surface area contributed by atoms with Crippen molar-refractivity contribution in [2.75, 3.05) is 6.61 Å². The van der Waals surface area contributed by atoms with Gasteiger partial charge in [0.25, 0.3) is 0 Å². The molecule has 0 aliphatic heterocycles. The van der Waals surface area contributed by atoms with Gasteiger partial charge >= 0.3 is 35.0 Å². The smallest absolute Gasteiger partial charge is 1.00 e. The maximum Gasteiger partial charge on any atom is 2.00 e. The van der Waals surface area contributed by atoms with Gasteiger partial charge in [-0.3, -0.25) is 0 Å². The third-order valence-electron chi connectivity index (χ3n) is 4.60. The Morgan fingerprint density at radius 1 is 0.704 bits per heavy atom. The van der Waals surface area contributed by atoms with Gasteiger partial charge in [-0.2, -0.15) is 0 Å². The van der Waals surface area contributed by atoms with E-state index in [1.165, 1.54) is 89.9 Å². The Kier molecular flexibility index (Phi) is 24.9. The molecule has 0 bridgehead atoms. The zero-order valence-electron chi connectivity index (χ0n) is 19.6. The zero-order chi connectivity index (χ0) is 19.3. The van der Waals surface area contributed by atoms with Gasteiger partial charge in [0.05, 0.1) is 6.61 Å². The van der Waals surface area contributed by atoms with Crippen molar-refractivity contribution in [1.82, 2.24) is 0 Å². The summed E-state index contributed by atoms with van der Waals surface area (Å²) >= 11 is 0. The summed E-state index contributed by atoms with van der Waals surface area (Å²) < 4.78 is 4.92. The fourth-order valence-electron chi connectivity index (χ4n) is 3.01. The normalized spacial score (nSPS) is 10.7. The molecule has 27 heavy (non-hydrogen) atoms. The van der Waals surface area contributed by atoms with Gasteiger partial charge in [-0.25, -0.2) is 9.59 Å². The second-order valence-electron chi connectivity index (χ2n) is 7.14. The molecule has 4 nitrogen and oxygen atoms in total. The first-order valence-electron chi connectivity index (χ1n) is 10.7. The first-order valence-corrected chi connectivity index (χ1v) is 10.7. The number of hydrogen-bond donors (Lipinski definition) is 1. The van der Waals surface area contributed by atoms with E-state index in [9.17, 15) is 9.59 Å². The molecule has 1 N–H and O–H groups in total. The topological polar surface area (TPSA) is 63.6 Å². The number of carboxylic acids is 1. The Labute approximate surface area is 185 Å². The van der Waals surface area contributed by atoms with Gasteiger partial charge in [0.15, 0.2) is 0 Å². The summed E-state index contributed by atoms with van der Waals surface area (Å²) in [5, 5.41) is 8.39. The summed E-state index contributed by atoms with van der Waals surface area (Å²) in [6.45, 7) is 2.64. The zero-order valence-corrected chi connectivity index (χ0v) is 19.0. The molecule has 0 atom stereocenters. The van der Waals surface area contributed by atoms with Crippen molar-refractivity contribution in [3.63, 3.8) is 0 Å². The van der Waals surface area contributed by atoms with Crippen molar-refractivity contribution in [1.29, 1.82) is 0 Å². The molecule has 0 rings (SSSR count). The molecule has 0 unspecified atom stereocenters. The third-order valence-corrected chi connectivity index (χ3v) is 4.60. The van der Waals surface area contributed by atoms with E-state index in [1.54, 1.807) is 0 Å². The fraction of sp³-hybridized carbons (Fsp3) is 0.818. The summed E-state index contributed by atoms with van der Waals surface area (Å²) in [5.41, 5.74) is 0. The van der Waals surface area contributed by atoms with Crippen LogP contribution in [0.1, 0.15) is 113 Å². The molecule has 0 radical (unpaired) electrons. The number of rotatable bonds is 19. The number of esters is 1. The van der Waals surface area contributed by atoms with Crippen LogP contribution in [-0.2, 0) is 14.3 Å². The van der Waals surface area contributed by atoms with Gasteiger partial charge in [-0.15, -0.1) is 0 Å². The van der Waals surface area contributed by atoms with Crippen LogP contribution < -0.4 is 0 Å². The van der Waals surface area contributed by atoms with Crippen molar-refractivity contribution in [2.45, 2.75) is 110 Å². The summed E-state index contributed by atoms with van der Waals surface area (Å²) in [6, 6.07) is 0. The van der Waals surface area contributed by atoms with Crippen LogP contribution in [-0.4, -0.2) is 46.7 Å². The van der Waals surface area contributed by atoms with E-state index in [0.717, 1.165) is 25.0 Å². The molecule has 0 amide bonds. The summed E-state index contributed by atoms with van der Waals surface area (Å²) in [7, 11) is 0. The first kappa shape index (κ1) is 28.7. The minimum absolute atomic E-state index is 0. The molecule has 0 aromatic heterocycles. The van der Waals surface area contributed by atoms with Crippen molar-refractivity contribution in [3.05, 3.63) is 12.2 Å². The third kappa shape index (κ3) is 25.4. The van der Waals surface area contributed by atoms with Gasteiger partial charge in [-0.1, -0.05) is 103 Å². The van der Waals surface area contributed by atoms with Crippen LogP contribution in [0.4, 0.5) is 0 Å². The molecule has 0 aliphatic rings. The number of unbranched alkanes of at least 4 members (excludes halogenated alkanes) is 15. The van der Waals surface area contributed by atoms with Crippen LogP contribution in [0.2, 0.25) is 0 Å². The Hall–Kier alpha value is -0.554. The summed E-state index contributed by atoms with van der Waals surface area (Å²) in [5.74, 6) is -1.71. The van der Waals surface area contributed by atoms with Gasteiger partial charge in [0.1, 0.15) is 0 Å². The molecule has 5 heteroatoms. The minimum atomic E-state index is -1.13. The van der Waals surface area contributed by atoms with Crippen molar-refractivity contribution < 1.29 is 22.3 Å². The molecule has 0 fully saturated rings. The Morgan fingerprint density at radius 3 is 1.44 bits per heavy atom. The van der Waals surface area contributed by atoms with Crippen LogP contribution in [0.5, 0.6) is 0 Å². The molecule has 0 aromatic carbocycles. The van der Waals surface area contributed by atoms with E-state index in [0.29, 0.717) is 6.61 Å². The number of carboxylic acid groups (broad SMARTS) is 1. The quantitative estimate of drug-likeness (QED) is 0.121. The van der Waals surface area contributed by atoms with Gasteiger partial charge < -0.3 is 12.7 Å². The largest absolute Gasteiger partial charge is 2.00 e. The number of carbonyl (C=O) groups excluding carboxylic acids is 1. The van der Waals surface area contributed by atoms with E-state index in [4.69, 9.17) is 9.84 Å². The SMILES string of the molecule is CCCCCCCCCCCCCCCCCCOC(=O)/C=C/C(=O)O.[H-].[H-].[Mg+2]. The van der Waals surface area contributed by atoms with E-state index >= 15 is 0 Å². The number of carbonyl (C=O) groups is 2. The predicted molar refractivity (Wildman–Crippen MR) is 115 cm³/mol. The van der Waals surface area contributed by atoms with E-state index in [-0.39, 0.29) is 25.9 Å². The molecule has 156 valence electrons. The average Bonchev–Trinajstić information content (AvgIpc) is 2.62. The van der Waals surface area contributed by atoms with E-state index < -0.39 is 11.9 Å². The molecule has 0 heterocycles. The Balaban J connectivity index is -0.00000104. The maximum atomic E-state index is 11.1. The second kappa shape index (κ2) is 23.5. The van der Waals surface area contributed by atoms with E-state index in [2.05, 4.69) is 6.92 Å². The second-order valence-corrected chi connectivity index (χ2v) is 7.14. The van der Waals surface area contributed by atoms with Crippen molar-refractivity contribution in [3.8, 4) is 0 Å². The first-order chi connectivity index (χ1) is 12.7. The molecule has 0 aromatic rings. The minimum Gasteiger partial charge on any atom is -1.00 e. The average molecular weight is 395 g/mol.